The molecule has 4 nitrogen and oxygen atoms in total. The number of hydrogen-bond acceptors (Lipinski definition) is 4. The van der Waals surface area contributed by atoms with Gasteiger partial charge in [-0.3, -0.25) is 14.2 Å². The van der Waals surface area contributed by atoms with Crippen molar-refractivity contribution in [3.63, 3.8) is 0 Å². The second-order valence-electron chi connectivity index (χ2n) is 6.40. The van der Waals surface area contributed by atoms with E-state index in [1.165, 1.54) is 4.57 Å². The molecule has 2 heterocycles. The molecule has 2 aromatic heterocycles. The van der Waals surface area contributed by atoms with Gasteiger partial charge in [0.05, 0.1) is 11.3 Å². The number of carbonyl (C=O) groups excluding carboxylic acids is 1. The molecular weight excluding hydrogens is 368 g/mol. The maximum Gasteiger partial charge on any atom is 0.267 e. The number of hydrogen-bond donors (Lipinski definition) is 0. The van der Waals surface area contributed by atoms with Crippen LogP contribution >= 0.6 is 11.8 Å². The van der Waals surface area contributed by atoms with E-state index in [-0.39, 0.29) is 23.3 Å². The standard InChI is InChI=1S/C23H18N2O2S/c1-28-19-11-9-16(10-12-19)14-21(26)20-15-17-6-5-13-24-22(17)25(23(20)27)18-7-3-2-4-8-18/h2-13,15H,14H2,1H3. The number of thioether (sulfide) groups is 1. The van der Waals surface area contributed by atoms with Gasteiger partial charge < -0.3 is 0 Å². The highest BCUT2D eigenvalue weighted by Crippen LogP contribution is 2.18. The summed E-state index contributed by atoms with van der Waals surface area (Å²) in [5, 5.41) is 0.757. The van der Waals surface area contributed by atoms with Gasteiger partial charge >= 0.3 is 0 Å². The SMILES string of the molecule is CSc1ccc(CC(=O)c2cc3cccnc3n(-c3ccccc3)c2=O)cc1. The molecule has 2 aromatic carbocycles. The van der Waals surface area contributed by atoms with E-state index in [9.17, 15) is 9.59 Å². The van der Waals surface area contributed by atoms with Crippen LogP contribution in [-0.2, 0) is 6.42 Å². The van der Waals surface area contributed by atoms with Gasteiger partial charge in [0.25, 0.3) is 5.56 Å². The van der Waals surface area contributed by atoms with Gasteiger partial charge in [-0.2, -0.15) is 0 Å². The number of aromatic nitrogens is 2. The Morgan fingerprint density at radius 2 is 1.75 bits per heavy atom. The zero-order valence-electron chi connectivity index (χ0n) is 15.3. The minimum atomic E-state index is -0.344. The van der Waals surface area contributed by atoms with E-state index in [4.69, 9.17) is 0 Å². The Labute approximate surface area is 166 Å². The van der Waals surface area contributed by atoms with Crippen LogP contribution in [0, 0.1) is 0 Å². The maximum atomic E-state index is 13.2. The Morgan fingerprint density at radius 1 is 1.00 bits per heavy atom. The molecule has 138 valence electrons. The third-order valence-electron chi connectivity index (χ3n) is 4.60. The number of benzene rings is 2. The van der Waals surface area contributed by atoms with Crippen molar-refractivity contribution in [3.05, 3.63) is 100 Å². The van der Waals surface area contributed by atoms with E-state index >= 15 is 0 Å². The molecule has 4 rings (SSSR count). The van der Waals surface area contributed by atoms with Crippen molar-refractivity contribution < 1.29 is 4.79 Å². The number of rotatable bonds is 5. The molecule has 0 aliphatic carbocycles. The van der Waals surface area contributed by atoms with Crippen LogP contribution in [0.5, 0.6) is 0 Å². The minimum Gasteiger partial charge on any atom is -0.294 e. The highest BCUT2D eigenvalue weighted by atomic mass is 32.2. The van der Waals surface area contributed by atoms with Crippen LogP contribution in [0.1, 0.15) is 15.9 Å². The van der Waals surface area contributed by atoms with E-state index < -0.39 is 0 Å². The van der Waals surface area contributed by atoms with Crippen LogP contribution < -0.4 is 5.56 Å². The van der Waals surface area contributed by atoms with Gasteiger partial charge in [-0.1, -0.05) is 30.3 Å². The number of carbonyl (C=O) groups is 1. The molecule has 0 aliphatic heterocycles. The van der Waals surface area contributed by atoms with E-state index in [2.05, 4.69) is 4.98 Å². The Morgan fingerprint density at radius 3 is 2.46 bits per heavy atom. The summed E-state index contributed by atoms with van der Waals surface area (Å²) in [6.07, 6.45) is 3.84. The van der Waals surface area contributed by atoms with E-state index in [1.807, 2.05) is 66.9 Å². The molecule has 0 saturated carbocycles. The molecule has 28 heavy (non-hydrogen) atoms. The zero-order valence-corrected chi connectivity index (χ0v) is 16.1. The summed E-state index contributed by atoms with van der Waals surface area (Å²) in [7, 11) is 0. The van der Waals surface area contributed by atoms with Gasteiger partial charge in [0, 0.05) is 22.9 Å². The molecule has 0 radical (unpaired) electrons. The fourth-order valence-corrected chi connectivity index (χ4v) is 3.59. The Hall–Kier alpha value is -3.18. The monoisotopic (exact) mass is 386 g/mol. The predicted octanol–water partition coefficient (Wildman–Crippen LogP) is 4.53. The summed E-state index contributed by atoms with van der Waals surface area (Å²) in [6.45, 7) is 0. The molecule has 0 atom stereocenters. The minimum absolute atomic E-state index is 0.179. The topological polar surface area (TPSA) is 52.0 Å². The Balaban J connectivity index is 1.82. The average molecular weight is 386 g/mol. The van der Waals surface area contributed by atoms with Crippen molar-refractivity contribution >= 4 is 28.6 Å². The second-order valence-corrected chi connectivity index (χ2v) is 7.28. The van der Waals surface area contributed by atoms with Gasteiger partial charge in [0.1, 0.15) is 5.65 Å². The molecule has 0 saturated heterocycles. The fourth-order valence-electron chi connectivity index (χ4n) is 3.18. The molecule has 0 aliphatic rings. The predicted molar refractivity (Wildman–Crippen MR) is 114 cm³/mol. The third kappa shape index (κ3) is 3.49. The lowest BCUT2D eigenvalue weighted by Gasteiger charge is -2.12. The summed E-state index contributed by atoms with van der Waals surface area (Å²) in [4.78, 5) is 31.7. The fraction of sp³-hybridized carbons (Fsp3) is 0.0870. The Bertz CT molecular complexity index is 1200. The highest BCUT2D eigenvalue weighted by molar-refractivity contribution is 7.98. The quantitative estimate of drug-likeness (QED) is 0.373. The van der Waals surface area contributed by atoms with E-state index in [0.29, 0.717) is 11.3 Å². The summed E-state index contributed by atoms with van der Waals surface area (Å²) < 4.78 is 1.51. The largest absolute Gasteiger partial charge is 0.294 e. The van der Waals surface area contributed by atoms with Crippen LogP contribution in [0.2, 0.25) is 0 Å². The lowest BCUT2D eigenvalue weighted by Crippen LogP contribution is -2.26. The number of para-hydroxylation sites is 1. The summed E-state index contributed by atoms with van der Waals surface area (Å²) in [6, 6.07) is 22.4. The summed E-state index contributed by atoms with van der Waals surface area (Å²) in [5.74, 6) is -0.197. The van der Waals surface area contributed by atoms with Crippen molar-refractivity contribution in [1.82, 2.24) is 9.55 Å². The molecule has 0 spiro atoms. The van der Waals surface area contributed by atoms with E-state index in [1.54, 1.807) is 30.1 Å². The molecule has 0 unspecified atom stereocenters. The summed E-state index contributed by atoms with van der Waals surface area (Å²) >= 11 is 1.65. The van der Waals surface area contributed by atoms with Gasteiger partial charge in [0.15, 0.2) is 5.78 Å². The number of nitrogens with zero attached hydrogens (tertiary/aromatic N) is 2. The second kappa shape index (κ2) is 7.82. The number of Topliss-reactive ketones (excluding diaryl/α,β-unsaturated/α-hetero) is 1. The molecule has 0 bridgehead atoms. The first-order valence-corrected chi connectivity index (χ1v) is 10.1. The first-order chi connectivity index (χ1) is 13.7. The van der Waals surface area contributed by atoms with Crippen LogP contribution in [0.3, 0.4) is 0 Å². The van der Waals surface area contributed by atoms with Crippen LogP contribution in [0.15, 0.2) is 88.7 Å². The lowest BCUT2D eigenvalue weighted by atomic mass is 10.0. The zero-order chi connectivity index (χ0) is 19.5. The van der Waals surface area contributed by atoms with Crippen LogP contribution in [-0.4, -0.2) is 21.6 Å². The summed E-state index contributed by atoms with van der Waals surface area (Å²) in [5.41, 5.74) is 1.95. The normalized spacial score (nSPS) is 10.9. The van der Waals surface area contributed by atoms with Crippen molar-refractivity contribution in [2.45, 2.75) is 11.3 Å². The molecule has 5 heteroatoms. The van der Waals surface area contributed by atoms with Gasteiger partial charge in [-0.25, -0.2) is 4.98 Å². The molecule has 0 fully saturated rings. The number of pyridine rings is 2. The Kier molecular flexibility index (Phi) is 5.08. The van der Waals surface area contributed by atoms with Crippen molar-refractivity contribution in [2.75, 3.05) is 6.26 Å². The highest BCUT2D eigenvalue weighted by Gasteiger charge is 2.17. The van der Waals surface area contributed by atoms with Crippen LogP contribution in [0.4, 0.5) is 0 Å². The van der Waals surface area contributed by atoms with Crippen molar-refractivity contribution in [2.24, 2.45) is 0 Å². The van der Waals surface area contributed by atoms with Crippen molar-refractivity contribution in [3.8, 4) is 5.69 Å². The molecular formula is C23H18N2O2S. The molecule has 4 aromatic rings. The van der Waals surface area contributed by atoms with Gasteiger partial charge in [0.2, 0.25) is 0 Å². The smallest absolute Gasteiger partial charge is 0.267 e. The molecule has 0 amide bonds. The lowest BCUT2D eigenvalue weighted by molar-refractivity contribution is 0.0991. The van der Waals surface area contributed by atoms with Gasteiger partial charge in [-0.05, 0) is 54.3 Å². The average Bonchev–Trinajstić information content (AvgIpc) is 2.74. The van der Waals surface area contributed by atoms with E-state index in [0.717, 1.165) is 15.8 Å². The first kappa shape index (κ1) is 18.2. The van der Waals surface area contributed by atoms with Crippen LogP contribution in [0.25, 0.3) is 16.7 Å². The van der Waals surface area contributed by atoms with Crippen molar-refractivity contribution in [1.29, 1.82) is 0 Å². The number of fused-ring (bicyclic) bond motifs is 1. The molecule has 0 N–H and O–H groups in total. The third-order valence-corrected chi connectivity index (χ3v) is 5.34. The number of ketones is 1. The first-order valence-electron chi connectivity index (χ1n) is 8.90. The van der Waals surface area contributed by atoms with Gasteiger partial charge in [-0.15, -0.1) is 11.8 Å². The maximum absolute atomic E-state index is 13.2.